The summed E-state index contributed by atoms with van der Waals surface area (Å²) in [4.78, 5) is 9.01. The molecule has 0 amide bonds. The average molecular weight is 374 g/mol. The van der Waals surface area contributed by atoms with Crippen molar-refractivity contribution in [3.05, 3.63) is 42.0 Å². The Bertz CT molecular complexity index is 704. The number of nitrogens with zero attached hydrogens (tertiary/aromatic N) is 5. The fraction of sp³-hybridized carbons (Fsp3) is 0.600. The molecule has 7 nitrogen and oxygen atoms in total. The molecule has 27 heavy (non-hydrogen) atoms. The molecule has 7 heteroatoms. The van der Waals surface area contributed by atoms with Gasteiger partial charge in [0.15, 0.2) is 0 Å². The van der Waals surface area contributed by atoms with Gasteiger partial charge in [-0.3, -0.25) is 9.80 Å². The van der Waals surface area contributed by atoms with Gasteiger partial charge in [0, 0.05) is 50.4 Å². The van der Waals surface area contributed by atoms with E-state index < -0.39 is 0 Å². The summed E-state index contributed by atoms with van der Waals surface area (Å²) in [5.41, 5.74) is 2.37. The number of methoxy groups -OCH3 is 1. The lowest BCUT2D eigenvalue weighted by atomic mass is 10.0. The molecule has 1 aromatic carbocycles. The van der Waals surface area contributed by atoms with Crippen LogP contribution in [-0.2, 0) is 13.1 Å². The molecule has 0 spiro atoms. The molecule has 148 valence electrons. The molecule has 1 saturated heterocycles. The van der Waals surface area contributed by atoms with E-state index in [0.717, 1.165) is 43.9 Å². The summed E-state index contributed by atoms with van der Waals surface area (Å²) in [5.74, 6) is 0.872. The Balaban J connectivity index is 1.69. The number of aliphatic hydroxyl groups excluding tert-OH is 1. The number of rotatable bonds is 8. The van der Waals surface area contributed by atoms with Gasteiger partial charge >= 0.3 is 0 Å². The summed E-state index contributed by atoms with van der Waals surface area (Å²) in [6, 6.07) is 7.31. The summed E-state index contributed by atoms with van der Waals surface area (Å²) >= 11 is 0. The maximum Gasteiger partial charge on any atom is 0.137 e. The van der Waals surface area contributed by atoms with E-state index in [2.05, 4.69) is 45.9 Å². The van der Waals surface area contributed by atoms with E-state index in [1.807, 2.05) is 6.07 Å². The van der Waals surface area contributed by atoms with Crippen LogP contribution in [0.2, 0.25) is 0 Å². The Morgan fingerprint density at radius 1 is 1.26 bits per heavy atom. The van der Waals surface area contributed by atoms with Crippen molar-refractivity contribution < 1.29 is 9.84 Å². The molecule has 0 unspecified atom stereocenters. The lowest BCUT2D eigenvalue weighted by Gasteiger charge is -2.43. The Kier molecular flexibility index (Phi) is 6.82. The van der Waals surface area contributed by atoms with Crippen LogP contribution in [0.3, 0.4) is 0 Å². The number of aromatic nitrogens is 3. The number of hydrogen-bond acceptors (Lipinski definition) is 6. The van der Waals surface area contributed by atoms with Gasteiger partial charge in [0.05, 0.1) is 13.7 Å². The van der Waals surface area contributed by atoms with Crippen LogP contribution in [0, 0.1) is 0 Å². The van der Waals surface area contributed by atoms with Crippen molar-refractivity contribution in [2.24, 2.45) is 0 Å². The molecule has 0 bridgehead atoms. The van der Waals surface area contributed by atoms with Gasteiger partial charge in [-0.05, 0) is 38.0 Å². The van der Waals surface area contributed by atoms with Crippen molar-refractivity contribution in [2.45, 2.75) is 45.4 Å². The predicted octanol–water partition coefficient (Wildman–Crippen LogP) is 1.61. The average Bonchev–Trinajstić information content (AvgIpc) is 3.15. The van der Waals surface area contributed by atoms with Gasteiger partial charge in [-0.25, -0.2) is 9.67 Å². The van der Waals surface area contributed by atoms with E-state index in [1.54, 1.807) is 24.4 Å². The molecule has 0 radical (unpaired) electrons. The summed E-state index contributed by atoms with van der Waals surface area (Å²) in [5, 5.41) is 13.6. The van der Waals surface area contributed by atoms with Crippen molar-refractivity contribution in [2.75, 3.05) is 33.4 Å². The summed E-state index contributed by atoms with van der Waals surface area (Å²) < 4.78 is 7.32. The first-order valence-electron chi connectivity index (χ1n) is 9.68. The second kappa shape index (κ2) is 9.30. The van der Waals surface area contributed by atoms with Crippen LogP contribution in [0.1, 0.15) is 31.4 Å². The van der Waals surface area contributed by atoms with Gasteiger partial charge < -0.3 is 9.84 Å². The van der Waals surface area contributed by atoms with Crippen molar-refractivity contribution in [1.29, 1.82) is 0 Å². The first kappa shape index (κ1) is 19.8. The lowest BCUT2D eigenvalue weighted by molar-refractivity contribution is 0.0349. The number of ether oxygens (including phenoxy) is 1. The fourth-order valence-corrected chi connectivity index (χ4v) is 3.96. The fourth-order valence-electron chi connectivity index (χ4n) is 3.96. The Hall–Kier alpha value is -1.96. The first-order chi connectivity index (χ1) is 13.1. The van der Waals surface area contributed by atoms with Gasteiger partial charge in [-0.2, -0.15) is 5.10 Å². The molecule has 1 aromatic heterocycles. The van der Waals surface area contributed by atoms with E-state index >= 15 is 0 Å². The van der Waals surface area contributed by atoms with Gasteiger partial charge in [0.25, 0.3) is 0 Å². The second-order valence-corrected chi connectivity index (χ2v) is 7.47. The van der Waals surface area contributed by atoms with Gasteiger partial charge in [0.1, 0.15) is 18.4 Å². The van der Waals surface area contributed by atoms with E-state index in [4.69, 9.17) is 4.74 Å². The molecule has 1 fully saturated rings. The minimum Gasteiger partial charge on any atom is -0.496 e. The molecule has 1 aliphatic heterocycles. The molecular formula is C20H31N5O2. The molecule has 2 aromatic rings. The minimum atomic E-state index is 0.242. The third kappa shape index (κ3) is 5.06. The summed E-state index contributed by atoms with van der Waals surface area (Å²) in [7, 11) is 1.70. The summed E-state index contributed by atoms with van der Waals surface area (Å²) in [6.07, 6.45) is 4.09. The Morgan fingerprint density at radius 3 is 2.78 bits per heavy atom. The maximum atomic E-state index is 9.44. The zero-order chi connectivity index (χ0) is 19.2. The van der Waals surface area contributed by atoms with Crippen LogP contribution < -0.4 is 4.74 Å². The molecule has 1 aliphatic rings. The van der Waals surface area contributed by atoms with Crippen LogP contribution >= 0.6 is 0 Å². The number of aliphatic hydroxyl groups is 1. The predicted molar refractivity (Wildman–Crippen MR) is 105 cm³/mol. The van der Waals surface area contributed by atoms with Crippen molar-refractivity contribution in [1.82, 2.24) is 24.6 Å². The third-order valence-electron chi connectivity index (χ3n) is 5.29. The van der Waals surface area contributed by atoms with Crippen LogP contribution in [-0.4, -0.2) is 75.1 Å². The molecule has 1 atom stereocenters. The standard InChI is InChI=1S/C20H31N5O2/c1-16(2)25-8-7-23(13-19(25)6-9-26)11-17-4-5-20(27-3)18(10-17)12-24-15-21-14-22-24/h4-5,10,14-16,19,26H,6-9,11-13H2,1-3H3/t19-/m0/s1. The monoisotopic (exact) mass is 373 g/mol. The van der Waals surface area contributed by atoms with E-state index in [9.17, 15) is 5.11 Å². The second-order valence-electron chi connectivity index (χ2n) is 7.47. The van der Waals surface area contributed by atoms with Crippen molar-refractivity contribution in [3.63, 3.8) is 0 Å². The van der Waals surface area contributed by atoms with Crippen molar-refractivity contribution in [3.8, 4) is 5.75 Å². The van der Waals surface area contributed by atoms with Gasteiger partial charge in [0.2, 0.25) is 0 Å². The quantitative estimate of drug-likeness (QED) is 0.758. The van der Waals surface area contributed by atoms with E-state index in [1.165, 1.54) is 5.56 Å². The Morgan fingerprint density at radius 2 is 2.11 bits per heavy atom. The molecule has 0 saturated carbocycles. The van der Waals surface area contributed by atoms with E-state index in [0.29, 0.717) is 18.6 Å². The molecule has 1 N–H and O–H groups in total. The number of hydrogen-bond donors (Lipinski definition) is 1. The highest BCUT2D eigenvalue weighted by atomic mass is 16.5. The topological polar surface area (TPSA) is 66.7 Å². The highest BCUT2D eigenvalue weighted by Gasteiger charge is 2.28. The highest BCUT2D eigenvalue weighted by Crippen LogP contribution is 2.23. The minimum absolute atomic E-state index is 0.242. The van der Waals surface area contributed by atoms with Crippen LogP contribution in [0.25, 0.3) is 0 Å². The molecule has 0 aliphatic carbocycles. The molecule has 2 heterocycles. The smallest absolute Gasteiger partial charge is 0.137 e. The highest BCUT2D eigenvalue weighted by molar-refractivity contribution is 5.37. The zero-order valence-corrected chi connectivity index (χ0v) is 16.6. The maximum absolute atomic E-state index is 9.44. The summed E-state index contributed by atoms with van der Waals surface area (Å²) in [6.45, 7) is 9.34. The largest absolute Gasteiger partial charge is 0.496 e. The van der Waals surface area contributed by atoms with Gasteiger partial charge in [-0.15, -0.1) is 0 Å². The molecular weight excluding hydrogens is 342 g/mol. The molecule has 3 rings (SSSR count). The number of piperazine rings is 1. The van der Waals surface area contributed by atoms with Crippen molar-refractivity contribution >= 4 is 0 Å². The SMILES string of the molecule is COc1ccc(CN2CCN(C(C)C)[C@@H](CCO)C2)cc1Cn1cncn1. The van der Waals surface area contributed by atoms with Crippen LogP contribution in [0.5, 0.6) is 5.75 Å². The zero-order valence-electron chi connectivity index (χ0n) is 16.6. The first-order valence-corrected chi connectivity index (χ1v) is 9.68. The lowest BCUT2D eigenvalue weighted by Crippen LogP contribution is -2.55. The Labute approximate surface area is 161 Å². The number of benzene rings is 1. The van der Waals surface area contributed by atoms with E-state index in [-0.39, 0.29) is 6.61 Å². The third-order valence-corrected chi connectivity index (χ3v) is 5.29. The van der Waals surface area contributed by atoms with Gasteiger partial charge in [-0.1, -0.05) is 6.07 Å². The van der Waals surface area contributed by atoms with Crippen LogP contribution in [0.4, 0.5) is 0 Å². The normalized spacial score (nSPS) is 18.9. The van der Waals surface area contributed by atoms with Crippen LogP contribution in [0.15, 0.2) is 30.9 Å².